The molecule has 3 N–H and O–H groups in total. The highest BCUT2D eigenvalue weighted by Gasteiger charge is 2.47. The van der Waals surface area contributed by atoms with E-state index in [9.17, 15) is 13.2 Å². The summed E-state index contributed by atoms with van der Waals surface area (Å²) in [5, 5.41) is 12.3. The Bertz CT molecular complexity index is 962. The van der Waals surface area contributed by atoms with Crippen LogP contribution in [-0.2, 0) is 16.8 Å². The Labute approximate surface area is 165 Å². The number of hydrogen-bond donors (Lipinski definition) is 3. The van der Waals surface area contributed by atoms with Gasteiger partial charge in [-0.15, -0.1) is 0 Å². The maximum Gasteiger partial charge on any atom is 0.375 e. The maximum absolute atomic E-state index is 13.4. The van der Waals surface area contributed by atoms with Gasteiger partial charge in [-0.05, 0) is 31.5 Å². The van der Waals surface area contributed by atoms with Gasteiger partial charge in [0.1, 0.15) is 18.8 Å². The second kappa shape index (κ2) is 7.96. The van der Waals surface area contributed by atoms with E-state index in [4.69, 9.17) is 5.11 Å². The van der Waals surface area contributed by atoms with Crippen molar-refractivity contribution in [2.45, 2.75) is 26.4 Å². The molecule has 0 amide bonds. The topological polar surface area (TPSA) is 108 Å². The molecule has 0 radical (unpaired) electrons. The van der Waals surface area contributed by atoms with E-state index in [1.807, 2.05) is 38.1 Å². The van der Waals surface area contributed by atoms with E-state index in [0.717, 1.165) is 11.3 Å². The van der Waals surface area contributed by atoms with Crippen LogP contribution in [-0.4, -0.2) is 50.2 Å². The number of nitrogens with zero attached hydrogens (tertiary/aromatic N) is 2. The van der Waals surface area contributed by atoms with E-state index in [-0.39, 0.29) is 22.0 Å². The van der Waals surface area contributed by atoms with Crippen molar-refractivity contribution < 1.29 is 18.3 Å². The molecule has 28 heavy (non-hydrogen) atoms. The van der Waals surface area contributed by atoms with Crippen LogP contribution in [0.2, 0.25) is 0 Å². The summed E-state index contributed by atoms with van der Waals surface area (Å²) in [6.07, 6.45) is 1.23. The zero-order valence-corrected chi connectivity index (χ0v) is 16.7. The van der Waals surface area contributed by atoms with Crippen molar-refractivity contribution in [3.63, 3.8) is 0 Å². The fraction of sp³-hybridized carbons (Fsp3) is 0.368. The summed E-state index contributed by atoms with van der Waals surface area (Å²) in [6.45, 7) is 5.32. The lowest BCUT2D eigenvalue weighted by Crippen LogP contribution is -2.68. The number of quaternary nitrogens is 1. The number of rotatable bonds is 6. The Morgan fingerprint density at radius 2 is 2.14 bits per heavy atom. The van der Waals surface area contributed by atoms with Gasteiger partial charge in [0.2, 0.25) is 0 Å². The number of carbonyl (C=O) groups is 1. The lowest BCUT2D eigenvalue weighted by atomic mass is 10.1. The molecule has 1 aromatic carbocycles. The molecule has 8 nitrogen and oxygen atoms in total. The molecule has 0 saturated carbocycles. The van der Waals surface area contributed by atoms with Gasteiger partial charge in [-0.3, -0.25) is 4.98 Å². The smallest absolute Gasteiger partial charge is 0.375 e. The highest BCUT2D eigenvalue weighted by atomic mass is 32.2. The molecule has 3 rings (SSSR count). The van der Waals surface area contributed by atoms with Gasteiger partial charge < -0.3 is 10.4 Å². The van der Waals surface area contributed by atoms with Gasteiger partial charge in [0.25, 0.3) is 0 Å². The molecule has 2 heterocycles. The molecular formula is C19H25N4O4S+. The first-order valence-corrected chi connectivity index (χ1v) is 10.5. The number of pyridine rings is 1. The van der Waals surface area contributed by atoms with Crippen molar-refractivity contribution in [2.24, 2.45) is 0 Å². The Morgan fingerprint density at radius 3 is 2.75 bits per heavy atom. The quantitative estimate of drug-likeness (QED) is 0.628. The Kier molecular flexibility index (Phi) is 5.80. The minimum atomic E-state index is -3.78. The molecule has 0 spiro atoms. The van der Waals surface area contributed by atoms with Crippen LogP contribution in [0.4, 0.5) is 5.69 Å². The van der Waals surface area contributed by atoms with Crippen LogP contribution in [0.5, 0.6) is 0 Å². The zero-order chi connectivity index (χ0) is 20.4. The van der Waals surface area contributed by atoms with Gasteiger partial charge in [0, 0.05) is 24.9 Å². The van der Waals surface area contributed by atoms with Crippen molar-refractivity contribution in [2.75, 3.05) is 19.6 Å². The average Bonchev–Trinajstić information content (AvgIpc) is 2.66. The lowest BCUT2D eigenvalue weighted by molar-refractivity contribution is 0.0696. The van der Waals surface area contributed by atoms with Crippen molar-refractivity contribution in [3.8, 4) is 0 Å². The highest BCUT2D eigenvalue weighted by Crippen LogP contribution is 2.30. The fourth-order valence-electron chi connectivity index (χ4n) is 3.51. The number of aromatic carboxylic acids is 1. The van der Waals surface area contributed by atoms with Crippen LogP contribution >= 0.6 is 0 Å². The first-order valence-electron chi connectivity index (χ1n) is 9.09. The van der Waals surface area contributed by atoms with Crippen molar-refractivity contribution in [3.05, 3.63) is 59.4 Å². The van der Waals surface area contributed by atoms with Crippen LogP contribution in [0.25, 0.3) is 0 Å². The first kappa shape index (κ1) is 20.4. The molecule has 1 aliphatic rings. The summed E-state index contributed by atoms with van der Waals surface area (Å²) in [4.78, 5) is 15.0. The summed E-state index contributed by atoms with van der Waals surface area (Å²) in [7, 11) is -3.78. The Hall–Kier alpha value is -2.33. The third kappa shape index (κ3) is 4.07. The second-order valence-electron chi connectivity index (χ2n) is 7.13. The molecule has 9 heteroatoms. The van der Waals surface area contributed by atoms with Crippen LogP contribution in [0.1, 0.15) is 28.5 Å². The molecule has 0 bridgehead atoms. The monoisotopic (exact) mass is 405 g/mol. The second-order valence-corrected chi connectivity index (χ2v) is 9.07. The van der Waals surface area contributed by atoms with E-state index in [2.05, 4.69) is 15.0 Å². The van der Waals surface area contributed by atoms with Gasteiger partial charge in [0.15, 0.2) is 0 Å². The van der Waals surface area contributed by atoms with Gasteiger partial charge >= 0.3 is 16.2 Å². The predicted octanol–water partition coefficient (Wildman–Crippen LogP) is 1.42. The third-order valence-electron chi connectivity index (χ3n) is 4.97. The van der Waals surface area contributed by atoms with E-state index in [1.165, 1.54) is 18.3 Å². The standard InChI is InChI=1S/C19H24N4O4S/c1-14-4-3-5-18(10-14)23(9-8-20-15(2)13-23)28(26,27)22-12-17-7-6-16(11-21-17)19(24)25/h3-7,10-11,15,20,22H,8-9,12-13H2,1-2H3/p+1/t15?,23-/m1/s1. The van der Waals surface area contributed by atoms with Crippen molar-refractivity contribution >= 4 is 21.9 Å². The molecule has 1 fully saturated rings. The summed E-state index contributed by atoms with van der Waals surface area (Å²) in [5.74, 6) is -1.07. The normalized spacial score (nSPS) is 22.7. The number of carboxylic acids is 1. The van der Waals surface area contributed by atoms with Gasteiger partial charge in [0.05, 0.1) is 23.8 Å². The first-order chi connectivity index (χ1) is 13.2. The molecular weight excluding hydrogens is 380 g/mol. The minimum absolute atomic E-state index is 0.00411. The zero-order valence-electron chi connectivity index (χ0n) is 15.9. The third-order valence-corrected chi connectivity index (χ3v) is 6.95. The van der Waals surface area contributed by atoms with E-state index in [1.54, 1.807) is 0 Å². The molecule has 1 aromatic heterocycles. The molecule has 150 valence electrons. The van der Waals surface area contributed by atoms with Crippen LogP contribution in [0, 0.1) is 6.92 Å². The SMILES string of the molecule is Cc1cccc([N@@+]2(S(=O)(=O)NCc3ccc(C(=O)O)cn3)CCNC(C)C2)c1. The Balaban J connectivity index is 1.89. The van der Waals surface area contributed by atoms with Gasteiger partial charge in [-0.25, -0.2) is 4.79 Å². The lowest BCUT2D eigenvalue weighted by Gasteiger charge is -2.41. The number of piperazine rings is 1. The molecule has 1 saturated heterocycles. The molecule has 1 unspecified atom stereocenters. The summed E-state index contributed by atoms with van der Waals surface area (Å²) < 4.78 is 29.3. The minimum Gasteiger partial charge on any atom is -0.478 e. The number of hydrogen-bond acceptors (Lipinski definition) is 5. The summed E-state index contributed by atoms with van der Waals surface area (Å²) in [5.41, 5.74) is 2.25. The number of aryl methyl sites for hydroxylation is 1. The van der Waals surface area contributed by atoms with E-state index in [0.29, 0.717) is 25.3 Å². The average molecular weight is 406 g/mol. The fourth-order valence-corrected chi connectivity index (χ4v) is 5.23. The number of nitrogens with one attached hydrogen (secondary N) is 2. The number of benzene rings is 1. The van der Waals surface area contributed by atoms with Gasteiger partial charge in [-0.1, -0.05) is 12.1 Å². The number of aromatic nitrogens is 1. The molecule has 1 aliphatic heterocycles. The Morgan fingerprint density at radius 1 is 1.36 bits per heavy atom. The van der Waals surface area contributed by atoms with Gasteiger partial charge in [-0.2, -0.15) is 17.0 Å². The number of carboxylic acid groups (broad SMARTS) is 1. The molecule has 2 atom stereocenters. The highest BCUT2D eigenvalue weighted by molar-refractivity contribution is 7.89. The molecule has 0 aliphatic carbocycles. The van der Waals surface area contributed by atoms with E-state index < -0.39 is 16.2 Å². The van der Waals surface area contributed by atoms with Crippen LogP contribution in [0.3, 0.4) is 0 Å². The van der Waals surface area contributed by atoms with Crippen molar-refractivity contribution in [1.29, 1.82) is 0 Å². The summed E-state index contributed by atoms with van der Waals surface area (Å²) >= 11 is 0. The summed E-state index contributed by atoms with van der Waals surface area (Å²) in [6, 6.07) is 10.6. The molecule has 2 aromatic rings. The van der Waals surface area contributed by atoms with E-state index >= 15 is 0 Å². The van der Waals surface area contributed by atoms with Crippen LogP contribution in [0.15, 0.2) is 42.6 Å². The van der Waals surface area contributed by atoms with Crippen LogP contribution < -0.4 is 13.9 Å². The maximum atomic E-state index is 13.4. The largest absolute Gasteiger partial charge is 0.478 e. The van der Waals surface area contributed by atoms with Crippen molar-refractivity contribution in [1.82, 2.24) is 18.9 Å². The predicted molar refractivity (Wildman–Crippen MR) is 107 cm³/mol.